The quantitative estimate of drug-likeness (QED) is 0.329. The molecule has 1 fully saturated rings. The zero-order valence-corrected chi connectivity index (χ0v) is 14.1. The Labute approximate surface area is 141 Å². The summed E-state index contributed by atoms with van der Waals surface area (Å²) in [7, 11) is 0. The van der Waals surface area contributed by atoms with Crippen molar-refractivity contribution in [2.75, 3.05) is 6.61 Å². The Morgan fingerprint density at radius 1 is 1.21 bits per heavy atom. The Hall–Kier alpha value is -0.580. The Bertz CT molecular complexity index is 465. The highest BCUT2D eigenvalue weighted by atomic mass is 16.7. The third-order valence-electron chi connectivity index (χ3n) is 5.08. The molecule has 1 aliphatic carbocycles. The number of hydrogen-bond donors (Lipinski definition) is 6. The molecule has 8 atom stereocenters. The van der Waals surface area contributed by atoms with Crippen LogP contribution in [0.15, 0.2) is 11.6 Å². The van der Waals surface area contributed by atoms with Crippen LogP contribution in [0.2, 0.25) is 0 Å². The molecule has 6 N–H and O–H groups in total. The zero-order chi connectivity index (χ0) is 18.2. The van der Waals surface area contributed by atoms with Gasteiger partial charge in [-0.15, -0.1) is 0 Å². The largest absolute Gasteiger partial charge is 0.394 e. The summed E-state index contributed by atoms with van der Waals surface area (Å²) in [5, 5.41) is 59.9. The zero-order valence-electron chi connectivity index (χ0n) is 14.1. The normalized spacial score (nSPS) is 46.9. The highest BCUT2D eigenvalue weighted by Gasteiger charge is 2.49. The van der Waals surface area contributed by atoms with E-state index in [1.807, 2.05) is 0 Å². The van der Waals surface area contributed by atoms with Gasteiger partial charge < -0.3 is 40.1 Å². The van der Waals surface area contributed by atoms with Crippen LogP contribution in [-0.4, -0.2) is 85.8 Å². The summed E-state index contributed by atoms with van der Waals surface area (Å²) < 4.78 is 11.0. The van der Waals surface area contributed by atoms with Crippen LogP contribution in [0.3, 0.4) is 0 Å². The Morgan fingerprint density at radius 2 is 1.83 bits per heavy atom. The van der Waals surface area contributed by atoms with Crippen molar-refractivity contribution in [2.45, 2.75) is 75.7 Å². The van der Waals surface area contributed by atoms with Gasteiger partial charge in [-0.1, -0.05) is 19.9 Å². The van der Waals surface area contributed by atoms with Crippen LogP contribution in [0.4, 0.5) is 0 Å². The number of aliphatic hydroxyl groups is 6. The smallest absolute Gasteiger partial charge is 0.187 e. The fourth-order valence-corrected chi connectivity index (χ4v) is 3.13. The molecule has 140 valence electrons. The maximum absolute atomic E-state index is 10.9. The maximum atomic E-state index is 10.9. The first-order chi connectivity index (χ1) is 11.1. The van der Waals surface area contributed by atoms with E-state index in [1.54, 1.807) is 26.8 Å². The lowest BCUT2D eigenvalue weighted by Crippen LogP contribution is -2.62. The molecular weight excluding hydrogens is 320 g/mol. The molecule has 24 heavy (non-hydrogen) atoms. The maximum Gasteiger partial charge on any atom is 0.187 e. The minimum atomic E-state index is -1.55. The fourth-order valence-electron chi connectivity index (χ4n) is 3.13. The van der Waals surface area contributed by atoms with Crippen molar-refractivity contribution in [2.24, 2.45) is 5.92 Å². The van der Waals surface area contributed by atoms with E-state index >= 15 is 0 Å². The lowest BCUT2D eigenvalue weighted by molar-refractivity contribution is -0.322. The molecule has 1 saturated heterocycles. The van der Waals surface area contributed by atoms with Gasteiger partial charge >= 0.3 is 0 Å². The van der Waals surface area contributed by atoms with Crippen LogP contribution >= 0.6 is 0 Å². The summed E-state index contributed by atoms with van der Waals surface area (Å²) >= 11 is 0. The molecule has 1 aliphatic heterocycles. The molecule has 8 nitrogen and oxygen atoms in total. The molecule has 0 aromatic rings. The molecule has 0 saturated carbocycles. The van der Waals surface area contributed by atoms with Crippen molar-refractivity contribution < 1.29 is 40.1 Å². The Kier molecular flexibility index (Phi) is 6.04. The van der Waals surface area contributed by atoms with E-state index in [1.165, 1.54) is 0 Å². The van der Waals surface area contributed by atoms with Gasteiger partial charge in [0.2, 0.25) is 0 Å². The molecule has 0 bridgehead atoms. The summed E-state index contributed by atoms with van der Waals surface area (Å²) in [5.74, 6) is -0.258. The average molecular weight is 348 g/mol. The summed E-state index contributed by atoms with van der Waals surface area (Å²) in [6.45, 7) is 4.71. The van der Waals surface area contributed by atoms with Crippen LogP contribution in [0.1, 0.15) is 27.2 Å². The molecular formula is C16H28O8. The molecule has 0 amide bonds. The van der Waals surface area contributed by atoms with E-state index < -0.39 is 55.1 Å². The molecule has 8 heteroatoms. The standard InChI is InChI=1S/C16H28O8/c1-7(2)16(22)5-9(18)8(3)4-11(16)24-15-14(21)13(20)12(19)10(6-17)23-15/h4,7,9-15,17-22H,5-6H2,1-3H3/t9-,10-,11-,12-,13+,14-,15+,16-/m1/s1. The first-order valence-corrected chi connectivity index (χ1v) is 8.16. The number of ether oxygens (including phenoxy) is 2. The van der Waals surface area contributed by atoms with Crippen LogP contribution in [0, 0.1) is 5.92 Å². The van der Waals surface area contributed by atoms with Gasteiger partial charge in [-0.25, -0.2) is 0 Å². The fraction of sp³-hybridized carbons (Fsp3) is 0.875. The monoisotopic (exact) mass is 348 g/mol. The molecule has 0 unspecified atom stereocenters. The van der Waals surface area contributed by atoms with Gasteiger partial charge in [0.15, 0.2) is 6.29 Å². The van der Waals surface area contributed by atoms with E-state index in [2.05, 4.69) is 0 Å². The van der Waals surface area contributed by atoms with Crippen molar-refractivity contribution in [3.8, 4) is 0 Å². The predicted octanol–water partition coefficient (Wildman–Crippen LogP) is -1.73. The second-order valence-corrected chi connectivity index (χ2v) is 7.03. The number of hydrogen-bond acceptors (Lipinski definition) is 8. The van der Waals surface area contributed by atoms with E-state index in [0.29, 0.717) is 5.57 Å². The second kappa shape index (κ2) is 7.35. The molecule has 0 aromatic carbocycles. The van der Waals surface area contributed by atoms with Crippen LogP contribution in [-0.2, 0) is 9.47 Å². The van der Waals surface area contributed by atoms with E-state index in [9.17, 15) is 30.6 Å². The number of aliphatic hydroxyl groups excluding tert-OH is 5. The lowest BCUT2D eigenvalue weighted by Gasteiger charge is -2.46. The van der Waals surface area contributed by atoms with Crippen LogP contribution in [0.5, 0.6) is 0 Å². The van der Waals surface area contributed by atoms with E-state index in [0.717, 1.165) is 0 Å². The molecule has 1 heterocycles. The first-order valence-electron chi connectivity index (χ1n) is 8.16. The highest BCUT2D eigenvalue weighted by molar-refractivity contribution is 5.19. The molecule has 0 radical (unpaired) electrons. The third kappa shape index (κ3) is 3.51. The average Bonchev–Trinajstić information content (AvgIpc) is 2.52. The highest BCUT2D eigenvalue weighted by Crippen LogP contribution is 2.37. The summed E-state index contributed by atoms with van der Waals surface area (Å²) in [6, 6.07) is 0. The van der Waals surface area contributed by atoms with Gasteiger partial charge in [0.25, 0.3) is 0 Å². The van der Waals surface area contributed by atoms with Gasteiger partial charge in [-0.05, 0) is 18.4 Å². The van der Waals surface area contributed by atoms with Gasteiger partial charge in [0.1, 0.15) is 30.5 Å². The van der Waals surface area contributed by atoms with Gasteiger partial charge in [0.05, 0.1) is 18.3 Å². The molecule has 2 aliphatic rings. The summed E-state index contributed by atoms with van der Waals surface area (Å²) in [5.41, 5.74) is -0.771. The van der Waals surface area contributed by atoms with E-state index in [-0.39, 0.29) is 12.3 Å². The Balaban J connectivity index is 2.23. The Morgan fingerprint density at radius 3 is 2.38 bits per heavy atom. The van der Waals surface area contributed by atoms with Crippen molar-refractivity contribution in [3.05, 3.63) is 11.6 Å². The molecule has 0 spiro atoms. The second-order valence-electron chi connectivity index (χ2n) is 7.03. The van der Waals surface area contributed by atoms with Crippen LogP contribution in [0.25, 0.3) is 0 Å². The topological polar surface area (TPSA) is 140 Å². The van der Waals surface area contributed by atoms with Crippen molar-refractivity contribution in [1.82, 2.24) is 0 Å². The lowest BCUT2D eigenvalue weighted by atomic mass is 9.75. The van der Waals surface area contributed by atoms with E-state index in [4.69, 9.17) is 9.47 Å². The van der Waals surface area contributed by atoms with Crippen molar-refractivity contribution in [1.29, 1.82) is 0 Å². The SMILES string of the molecule is CC1=C[C@@H](O[C@@H]2O[C@H](CO)[C@@H](O)[C@H](O)[C@H]2O)[C@](O)(C(C)C)C[C@H]1O. The van der Waals surface area contributed by atoms with Crippen molar-refractivity contribution in [3.63, 3.8) is 0 Å². The third-order valence-corrected chi connectivity index (χ3v) is 5.08. The van der Waals surface area contributed by atoms with Gasteiger partial charge in [-0.2, -0.15) is 0 Å². The minimum absolute atomic E-state index is 0.0646. The molecule has 2 rings (SSSR count). The first kappa shape index (κ1) is 19.7. The minimum Gasteiger partial charge on any atom is -0.394 e. The summed E-state index contributed by atoms with van der Waals surface area (Å²) in [4.78, 5) is 0. The van der Waals surface area contributed by atoms with Gasteiger partial charge in [-0.3, -0.25) is 0 Å². The number of rotatable bonds is 4. The van der Waals surface area contributed by atoms with Gasteiger partial charge in [0, 0.05) is 6.42 Å². The predicted molar refractivity (Wildman–Crippen MR) is 82.8 cm³/mol. The van der Waals surface area contributed by atoms with Crippen LogP contribution < -0.4 is 0 Å². The summed E-state index contributed by atoms with van der Waals surface area (Å²) in [6.07, 6.45) is -7.04. The van der Waals surface area contributed by atoms with Crippen molar-refractivity contribution >= 4 is 0 Å². The molecule has 0 aromatic heterocycles.